The van der Waals surface area contributed by atoms with Crippen LogP contribution in [0.5, 0.6) is 0 Å². The number of esters is 1. The van der Waals surface area contributed by atoms with Gasteiger partial charge in [-0.3, -0.25) is 0 Å². The SMILES string of the molecule is CC(CS)CCCC(CS)CC=CC(=CC(=O)OC1CCCCC1)CS. The lowest BCUT2D eigenvalue weighted by atomic mass is 9.96. The molecular formula is C21H36O2S3. The van der Waals surface area contributed by atoms with E-state index in [-0.39, 0.29) is 12.1 Å². The Labute approximate surface area is 176 Å². The van der Waals surface area contributed by atoms with Crippen molar-refractivity contribution in [3.63, 3.8) is 0 Å². The first kappa shape index (κ1) is 24.0. The molecule has 1 rings (SSSR count). The van der Waals surface area contributed by atoms with Gasteiger partial charge in [-0.05, 0) is 73.9 Å². The Morgan fingerprint density at radius 1 is 1.12 bits per heavy atom. The average Bonchev–Trinajstić information content (AvgIpc) is 2.66. The first-order chi connectivity index (χ1) is 12.6. The molecule has 1 saturated carbocycles. The molecule has 0 bridgehead atoms. The highest BCUT2D eigenvalue weighted by atomic mass is 32.1. The van der Waals surface area contributed by atoms with Crippen molar-refractivity contribution in [2.75, 3.05) is 17.3 Å². The maximum atomic E-state index is 12.1. The first-order valence-electron chi connectivity index (χ1n) is 9.99. The summed E-state index contributed by atoms with van der Waals surface area (Å²) in [4.78, 5) is 12.1. The molecule has 5 heteroatoms. The number of rotatable bonds is 12. The summed E-state index contributed by atoms with van der Waals surface area (Å²) in [5.74, 6) is 3.43. The third-order valence-electron chi connectivity index (χ3n) is 5.00. The lowest BCUT2D eigenvalue weighted by molar-refractivity contribution is -0.144. The first-order valence-corrected chi connectivity index (χ1v) is 11.9. The fraction of sp³-hybridized carbons (Fsp3) is 0.762. The van der Waals surface area contributed by atoms with Gasteiger partial charge in [0.25, 0.3) is 0 Å². The van der Waals surface area contributed by atoms with Crippen molar-refractivity contribution < 1.29 is 9.53 Å². The van der Waals surface area contributed by atoms with Gasteiger partial charge >= 0.3 is 5.97 Å². The Morgan fingerprint density at radius 3 is 2.46 bits per heavy atom. The van der Waals surface area contributed by atoms with Gasteiger partial charge in [-0.25, -0.2) is 4.79 Å². The topological polar surface area (TPSA) is 26.3 Å². The van der Waals surface area contributed by atoms with Crippen LogP contribution < -0.4 is 0 Å². The van der Waals surface area contributed by atoms with Gasteiger partial charge in [0.1, 0.15) is 6.10 Å². The molecular weight excluding hydrogens is 380 g/mol. The van der Waals surface area contributed by atoms with Crippen LogP contribution in [0.3, 0.4) is 0 Å². The Kier molecular flexibility index (Phi) is 13.9. The molecule has 2 atom stereocenters. The van der Waals surface area contributed by atoms with Gasteiger partial charge in [0.15, 0.2) is 0 Å². The van der Waals surface area contributed by atoms with Crippen LogP contribution in [-0.4, -0.2) is 29.3 Å². The van der Waals surface area contributed by atoms with Crippen LogP contribution in [0.15, 0.2) is 23.8 Å². The third kappa shape index (κ3) is 11.0. The molecule has 1 aliphatic rings. The van der Waals surface area contributed by atoms with Crippen molar-refractivity contribution in [2.24, 2.45) is 11.8 Å². The summed E-state index contributed by atoms with van der Waals surface area (Å²) in [5.41, 5.74) is 0.913. The predicted octanol–water partition coefficient (Wildman–Crippen LogP) is 5.95. The summed E-state index contributed by atoms with van der Waals surface area (Å²) < 4.78 is 5.56. The lowest BCUT2D eigenvalue weighted by Gasteiger charge is -2.21. The molecule has 26 heavy (non-hydrogen) atoms. The Bertz CT molecular complexity index is 443. The van der Waals surface area contributed by atoms with Crippen LogP contribution >= 0.6 is 37.9 Å². The third-order valence-corrected chi connectivity index (χ3v) is 6.51. The zero-order valence-corrected chi connectivity index (χ0v) is 18.8. The van der Waals surface area contributed by atoms with Gasteiger partial charge in [-0.1, -0.05) is 31.9 Å². The van der Waals surface area contributed by atoms with E-state index in [1.807, 2.05) is 6.08 Å². The van der Waals surface area contributed by atoms with Gasteiger partial charge in [0.05, 0.1) is 0 Å². The van der Waals surface area contributed by atoms with E-state index >= 15 is 0 Å². The summed E-state index contributed by atoms with van der Waals surface area (Å²) in [6, 6.07) is 0. The van der Waals surface area contributed by atoms with Crippen LogP contribution in [0.2, 0.25) is 0 Å². The monoisotopic (exact) mass is 416 g/mol. The van der Waals surface area contributed by atoms with Crippen LogP contribution in [0.25, 0.3) is 0 Å². The minimum Gasteiger partial charge on any atom is -0.459 e. The van der Waals surface area contributed by atoms with E-state index in [4.69, 9.17) is 4.74 Å². The quantitative estimate of drug-likeness (QED) is 0.159. The zero-order valence-electron chi connectivity index (χ0n) is 16.1. The number of carbonyl (C=O) groups excluding carboxylic acids is 1. The van der Waals surface area contributed by atoms with E-state index in [2.05, 4.69) is 50.9 Å². The van der Waals surface area contributed by atoms with E-state index < -0.39 is 0 Å². The minimum atomic E-state index is -0.225. The standard InChI is InChI=1S/C21H36O2S3/c1-17(14-24)7-5-8-18(15-25)9-6-10-19(16-26)13-21(22)23-20-11-3-2-4-12-20/h6,10,13,17-18,20,24-26H,2-5,7-9,11-12,14-16H2,1H3. The summed E-state index contributed by atoms with van der Waals surface area (Å²) in [6.45, 7) is 2.25. The second-order valence-electron chi connectivity index (χ2n) is 7.48. The van der Waals surface area contributed by atoms with Crippen molar-refractivity contribution in [2.45, 2.75) is 70.8 Å². The highest BCUT2D eigenvalue weighted by Gasteiger charge is 2.16. The molecule has 150 valence electrons. The Hall–Kier alpha value is -0.000000000000000111. The smallest absolute Gasteiger partial charge is 0.331 e. The normalized spacial score (nSPS) is 18.8. The second kappa shape index (κ2) is 15.0. The fourth-order valence-corrected chi connectivity index (χ4v) is 3.93. The van der Waals surface area contributed by atoms with Crippen molar-refractivity contribution in [1.82, 2.24) is 0 Å². The fourth-order valence-electron chi connectivity index (χ4n) is 3.22. The molecule has 0 amide bonds. The molecule has 2 nitrogen and oxygen atoms in total. The molecule has 0 aromatic heterocycles. The summed E-state index contributed by atoms with van der Waals surface area (Å²) in [7, 11) is 0. The Balaban J connectivity index is 2.39. The van der Waals surface area contributed by atoms with Gasteiger partial charge in [0.2, 0.25) is 0 Å². The molecule has 1 fully saturated rings. The lowest BCUT2D eigenvalue weighted by Crippen LogP contribution is -2.19. The van der Waals surface area contributed by atoms with Crippen molar-refractivity contribution in [3.8, 4) is 0 Å². The van der Waals surface area contributed by atoms with Gasteiger partial charge < -0.3 is 4.74 Å². The number of ether oxygens (including phenoxy) is 1. The molecule has 0 saturated heterocycles. The average molecular weight is 417 g/mol. The largest absolute Gasteiger partial charge is 0.459 e. The van der Waals surface area contributed by atoms with E-state index in [0.29, 0.717) is 17.6 Å². The van der Waals surface area contributed by atoms with E-state index in [0.717, 1.165) is 36.3 Å². The number of allylic oxidation sites excluding steroid dienone is 2. The molecule has 0 aliphatic heterocycles. The van der Waals surface area contributed by atoms with Crippen LogP contribution in [-0.2, 0) is 9.53 Å². The molecule has 0 aromatic rings. The van der Waals surface area contributed by atoms with Crippen LogP contribution in [0, 0.1) is 11.8 Å². The van der Waals surface area contributed by atoms with Crippen molar-refractivity contribution in [1.29, 1.82) is 0 Å². The molecule has 0 spiro atoms. The van der Waals surface area contributed by atoms with Crippen LogP contribution in [0.4, 0.5) is 0 Å². The van der Waals surface area contributed by atoms with Crippen LogP contribution in [0.1, 0.15) is 64.7 Å². The summed E-state index contributed by atoms with van der Waals surface area (Å²) >= 11 is 13.2. The maximum Gasteiger partial charge on any atom is 0.331 e. The minimum absolute atomic E-state index is 0.103. The molecule has 0 N–H and O–H groups in total. The zero-order chi connectivity index (χ0) is 19.2. The molecule has 0 aromatic carbocycles. The van der Waals surface area contributed by atoms with E-state index in [9.17, 15) is 4.79 Å². The van der Waals surface area contributed by atoms with Gasteiger partial charge in [-0.2, -0.15) is 37.9 Å². The predicted molar refractivity (Wildman–Crippen MR) is 123 cm³/mol. The number of hydrogen-bond acceptors (Lipinski definition) is 5. The highest BCUT2D eigenvalue weighted by Crippen LogP contribution is 2.21. The van der Waals surface area contributed by atoms with Crippen molar-refractivity contribution in [3.05, 3.63) is 23.8 Å². The number of carbonyl (C=O) groups is 1. The number of hydrogen-bond donors (Lipinski definition) is 3. The second-order valence-corrected chi connectivity index (χ2v) is 8.53. The summed E-state index contributed by atoms with van der Waals surface area (Å²) in [6.07, 6.45) is 16.1. The van der Waals surface area contributed by atoms with Gasteiger partial charge in [0, 0.05) is 11.8 Å². The Morgan fingerprint density at radius 2 is 1.85 bits per heavy atom. The van der Waals surface area contributed by atoms with E-state index in [1.165, 1.54) is 38.5 Å². The van der Waals surface area contributed by atoms with Gasteiger partial charge in [-0.15, -0.1) is 0 Å². The molecule has 0 radical (unpaired) electrons. The highest BCUT2D eigenvalue weighted by molar-refractivity contribution is 7.80. The summed E-state index contributed by atoms with van der Waals surface area (Å²) in [5, 5.41) is 0. The molecule has 2 unspecified atom stereocenters. The van der Waals surface area contributed by atoms with E-state index in [1.54, 1.807) is 6.08 Å². The van der Waals surface area contributed by atoms with Crippen molar-refractivity contribution >= 4 is 43.9 Å². The maximum absolute atomic E-state index is 12.1. The number of thiol groups is 3. The molecule has 1 aliphatic carbocycles. The molecule has 0 heterocycles.